The molecular formula is C16H14N2O5S. The van der Waals surface area contributed by atoms with Gasteiger partial charge in [-0.1, -0.05) is 6.07 Å². The number of para-hydroxylation sites is 1. The molecule has 7 nitrogen and oxygen atoms in total. The molecule has 2 aromatic heterocycles. The standard InChI is InChI=1S/C16H14N2O5S/c1-21-12-5-3-4-11(14(12)22-2)15(20)23-9-10-8-13(19)18-6-7-24-16(18)17-10/h3-8H,9H2,1-2H3. The van der Waals surface area contributed by atoms with Crippen LogP contribution < -0.4 is 15.0 Å². The van der Waals surface area contributed by atoms with Gasteiger partial charge in [-0.2, -0.15) is 0 Å². The number of nitrogens with zero attached hydrogens (tertiary/aromatic N) is 2. The van der Waals surface area contributed by atoms with Gasteiger partial charge in [-0.25, -0.2) is 9.78 Å². The molecule has 2 heterocycles. The fraction of sp³-hybridized carbons (Fsp3) is 0.188. The van der Waals surface area contributed by atoms with Crippen LogP contribution in [0.2, 0.25) is 0 Å². The highest BCUT2D eigenvalue weighted by Gasteiger charge is 2.18. The minimum absolute atomic E-state index is 0.108. The first-order chi connectivity index (χ1) is 11.6. The zero-order valence-electron chi connectivity index (χ0n) is 13.0. The second kappa shape index (κ2) is 6.71. The minimum Gasteiger partial charge on any atom is -0.493 e. The van der Waals surface area contributed by atoms with E-state index in [9.17, 15) is 9.59 Å². The number of fused-ring (bicyclic) bond motifs is 1. The van der Waals surface area contributed by atoms with E-state index >= 15 is 0 Å². The molecule has 0 bridgehead atoms. The average molecular weight is 346 g/mol. The molecular weight excluding hydrogens is 332 g/mol. The maximum absolute atomic E-state index is 12.3. The Bertz CT molecular complexity index is 947. The first-order valence-electron chi connectivity index (χ1n) is 6.98. The van der Waals surface area contributed by atoms with Crippen LogP contribution in [0.5, 0.6) is 11.5 Å². The Balaban J connectivity index is 1.81. The van der Waals surface area contributed by atoms with Crippen molar-refractivity contribution in [2.45, 2.75) is 6.61 Å². The number of hydrogen-bond donors (Lipinski definition) is 0. The number of methoxy groups -OCH3 is 2. The van der Waals surface area contributed by atoms with E-state index in [0.717, 1.165) is 0 Å². The Hall–Kier alpha value is -2.87. The summed E-state index contributed by atoms with van der Waals surface area (Å²) in [4.78, 5) is 29.0. The van der Waals surface area contributed by atoms with Crippen molar-refractivity contribution in [1.29, 1.82) is 0 Å². The lowest BCUT2D eigenvalue weighted by atomic mass is 10.2. The molecule has 0 aliphatic carbocycles. The van der Waals surface area contributed by atoms with Gasteiger partial charge in [-0.3, -0.25) is 9.20 Å². The zero-order valence-corrected chi connectivity index (χ0v) is 13.8. The second-order valence-corrected chi connectivity index (χ2v) is 5.63. The fourth-order valence-electron chi connectivity index (χ4n) is 2.23. The van der Waals surface area contributed by atoms with E-state index in [0.29, 0.717) is 22.2 Å². The molecule has 24 heavy (non-hydrogen) atoms. The summed E-state index contributed by atoms with van der Waals surface area (Å²) in [6.07, 6.45) is 1.65. The number of rotatable bonds is 5. The third kappa shape index (κ3) is 2.95. The van der Waals surface area contributed by atoms with Gasteiger partial charge in [0.2, 0.25) is 0 Å². The van der Waals surface area contributed by atoms with E-state index in [1.54, 1.807) is 29.8 Å². The van der Waals surface area contributed by atoms with Crippen LogP contribution in [0.1, 0.15) is 16.1 Å². The van der Waals surface area contributed by atoms with Gasteiger partial charge in [-0.15, -0.1) is 11.3 Å². The molecule has 0 fully saturated rings. The van der Waals surface area contributed by atoms with Crippen molar-refractivity contribution in [2.75, 3.05) is 14.2 Å². The topological polar surface area (TPSA) is 79.1 Å². The van der Waals surface area contributed by atoms with Crippen LogP contribution >= 0.6 is 11.3 Å². The Kier molecular flexibility index (Phi) is 4.48. The van der Waals surface area contributed by atoms with Gasteiger partial charge in [0.15, 0.2) is 16.5 Å². The highest BCUT2D eigenvalue weighted by atomic mass is 32.1. The summed E-state index contributed by atoms with van der Waals surface area (Å²) in [6, 6.07) is 6.27. The zero-order chi connectivity index (χ0) is 17.1. The number of carbonyl (C=O) groups excluding carboxylic acids is 1. The van der Waals surface area contributed by atoms with Gasteiger partial charge in [0, 0.05) is 17.6 Å². The molecule has 0 amide bonds. The van der Waals surface area contributed by atoms with Crippen molar-refractivity contribution >= 4 is 22.3 Å². The summed E-state index contributed by atoms with van der Waals surface area (Å²) in [5, 5.41) is 1.76. The molecule has 0 saturated carbocycles. The SMILES string of the molecule is COc1cccc(C(=O)OCc2cc(=O)n3ccsc3n2)c1OC. The smallest absolute Gasteiger partial charge is 0.342 e. The predicted octanol–water partition coefficient (Wildman–Crippen LogP) is 2.13. The van der Waals surface area contributed by atoms with Gasteiger partial charge in [0.25, 0.3) is 5.56 Å². The quantitative estimate of drug-likeness (QED) is 0.659. The monoisotopic (exact) mass is 346 g/mol. The largest absolute Gasteiger partial charge is 0.493 e. The van der Waals surface area contributed by atoms with E-state index in [2.05, 4.69) is 4.98 Å². The molecule has 0 atom stereocenters. The third-order valence-electron chi connectivity index (χ3n) is 3.33. The summed E-state index contributed by atoms with van der Waals surface area (Å²) < 4.78 is 17.1. The first kappa shape index (κ1) is 16.0. The molecule has 8 heteroatoms. The Morgan fingerprint density at radius 2 is 2.12 bits per heavy atom. The van der Waals surface area contributed by atoms with E-state index in [4.69, 9.17) is 14.2 Å². The summed E-state index contributed by atoms with van der Waals surface area (Å²) >= 11 is 1.33. The van der Waals surface area contributed by atoms with Crippen LogP contribution in [0, 0.1) is 0 Å². The second-order valence-electron chi connectivity index (χ2n) is 4.76. The van der Waals surface area contributed by atoms with E-state index in [1.807, 2.05) is 0 Å². The molecule has 0 unspecified atom stereocenters. The minimum atomic E-state index is -0.584. The normalized spacial score (nSPS) is 10.6. The lowest BCUT2D eigenvalue weighted by molar-refractivity contribution is 0.0463. The average Bonchev–Trinajstić information content (AvgIpc) is 3.08. The summed E-state index contributed by atoms with van der Waals surface area (Å²) in [5.41, 5.74) is 0.412. The predicted molar refractivity (Wildman–Crippen MR) is 88.0 cm³/mol. The van der Waals surface area contributed by atoms with Crippen LogP contribution in [0.15, 0.2) is 40.6 Å². The van der Waals surface area contributed by atoms with Gasteiger partial charge < -0.3 is 14.2 Å². The van der Waals surface area contributed by atoms with Crippen molar-refractivity contribution in [1.82, 2.24) is 9.38 Å². The summed E-state index contributed by atoms with van der Waals surface area (Å²) in [5.74, 6) is 0.147. The van der Waals surface area contributed by atoms with Gasteiger partial charge in [0.05, 0.1) is 19.9 Å². The van der Waals surface area contributed by atoms with Gasteiger partial charge >= 0.3 is 5.97 Å². The van der Waals surface area contributed by atoms with E-state index in [-0.39, 0.29) is 17.7 Å². The van der Waals surface area contributed by atoms with Crippen molar-refractivity contribution in [2.24, 2.45) is 0 Å². The summed E-state index contributed by atoms with van der Waals surface area (Å²) in [7, 11) is 2.93. The molecule has 3 rings (SSSR count). The number of benzene rings is 1. The number of hydrogen-bond acceptors (Lipinski definition) is 7. The highest BCUT2D eigenvalue weighted by Crippen LogP contribution is 2.31. The molecule has 0 aliphatic rings. The highest BCUT2D eigenvalue weighted by molar-refractivity contribution is 7.15. The summed E-state index contributed by atoms with van der Waals surface area (Å²) in [6.45, 7) is -0.108. The van der Waals surface area contributed by atoms with Crippen molar-refractivity contribution in [3.8, 4) is 11.5 Å². The molecule has 0 aliphatic heterocycles. The van der Waals surface area contributed by atoms with Crippen LogP contribution in [-0.2, 0) is 11.3 Å². The van der Waals surface area contributed by atoms with Crippen molar-refractivity contribution in [3.63, 3.8) is 0 Å². The molecule has 0 N–H and O–H groups in total. The maximum Gasteiger partial charge on any atom is 0.342 e. The van der Waals surface area contributed by atoms with E-state index < -0.39 is 5.97 Å². The molecule has 3 aromatic rings. The maximum atomic E-state index is 12.3. The van der Waals surface area contributed by atoms with Crippen LogP contribution in [0.4, 0.5) is 0 Å². The van der Waals surface area contributed by atoms with Crippen molar-refractivity contribution < 1.29 is 19.0 Å². The van der Waals surface area contributed by atoms with Crippen LogP contribution in [-0.4, -0.2) is 29.6 Å². The number of esters is 1. The van der Waals surface area contributed by atoms with Crippen LogP contribution in [0.25, 0.3) is 4.96 Å². The third-order valence-corrected chi connectivity index (χ3v) is 4.09. The lowest BCUT2D eigenvalue weighted by Gasteiger charge is -2.11. The Labute approximate surface area is 141 Å². The van der Waals surface area contributed by atoms with Crippen LogP contribution in [0.3, 0.4) is 0 Å². The Morgan fingerprint density at radius 1 is 1.29 bits per heavy atom. The molecule has 124 valence electrons. The van der Waals surface area contributed by atoms with Crippen molar-refractivity contribution in [3.05, 3.63) is 57.5 Å². The van der Waals surface area contributed by atoms with Gasteiger partial charge in [0.1, 0.15) is 12.2 Å². The van der Waals surface area contributed by atoms with E-state index in [1.165, 1.54) is 36.0 Å². The Morgan fingerprint density at radius 3 is 2.88 bits per heavy atom. The molecule has 0 saturated heterocycles. The molecule has 0 radical (unpaired) electrons. The number of aromatic nitrogens is 2. The fourth-order valence-corrected chi connectivity index (χ4v) is 2.97. The first-order valence-corrected chi connectivity index (χ1v) is 7.86. The number of thiazole rings is 1. The molecule has 0 spiro atoms. The van der Waals surface area contributed by atoms with Gasteiger partial charge in [-0.05, 0) is 12.1 Å². The molecule has 1 aromatic carbocycles. The number of ether oxygens (including phenoxy) is 3. The lowest BCUT2D eigenvalue weighted by Crippen LogP contribution is -2.15. The number of carbonyl (C=O) groups is 1.